The zero-order valence-electron chi connectivity index (χ0n) is 10.9. The fourth-order valence-corrected chi connectivity index (χ4v) is 2.63. The van der Waals surface area contributed by atoms with Gasteiger partial charge in [0.1, 0.15) is 5.82 Å². The van der Waals surface area contributed by atoms with Crippen molar-refractivity contribution in [3.63, 3.8) is 0 Å². The summed E-state index contributed by atoms with van der Waals surface area (Å²) in [5.74, 6) is -0.525. The van der Waals surface area contributed by atoms with Crippen LogP contribution in [0.1, 0.15) is 33.9 Å². The minimum Gasteiger partial charge on any atom is -0.399 e. The Hall–Kier alpha value is -2.36. The van der Waals surface area contributed by atoms with E-state index in [9.17, 15) is 9.18 Å². The summed E-state index contributed by atoms with van der Waals surface area (Å²) < 4.78 is 12.8. The Morgan fingerprint density at radius 1 is 1.20 bits per heavy atom. The molecule has 3 N–H and O–H groups in total. The molecule has 2 aromatic carbocycles. The Bertz CT molecular complexity index is 652. The van der Waals surface area contributed by atoms with Crippen LogP contribution in [0.2, 0.25) is 0 Å². The molecule has 4 heteroatoms. The fraction of sp³-hybridized carbons (Fsp3) is 0.188. The van der Waals surface area contributed by atoms with Crippen LogP contribution in [0.15, 0.2) is 42.5 Å². The fourth-order valence-electron chi connectivity index (χ4n) is 2.63. The predicted molar refractivity (Wildman–Crippen MR) is 75.8 cm³/mol. The van der Waals surface area contributed by atoms with Crippen molar-refractivity contribution in [1.29, 1.82) is 0 Å². The first-order valence-electron chi connectivity index (χ1n) is 6.58. The molecule has 102 valence electrons. The van der Waals surface area contributed by atoms with Gasteiger partial charge in [-0.3, -0.25) is 4.79 Å². The maximum atomic E-state index is 12.8. The van der Waals surface area contributed by atoms with Gasteiger partial charge in [0.2, 0.25) is 0 Å². The summed E-state index contributed by atoms with van der Waals surface area (Å²) >= 11 is 0. The summed E-state index contributed by atoms with van der Waals surface area (Å²) in [5.41, 5.74) is 9.28. The summed E-state index contributed by atoms with van der Waals surface area (Å²) in [7, 11) is 0. The van der Waals surface area contributed by atoms with Crippen LogP contribution in [0.3, 0.4) is 0 Å². The van der Waals surface area contributed by atoms with E-state index in [4.69, 9.17) is 5.73 Å². The molecule has 0 aliphatic heterocycles. The van der Waals surface area contributed by atoms with Crippen molar-refractivity contribution in [2.45, 2.75) is 18.9 Å². The average molecular weight is 270 g/mol. The van der Waals surface area contributed by atoms with Crippen LogP contribution >= 0.6 is 0 Å². The highest BCUT2D eigenvalue weighted by Gasteiger charge is 2.24. The van der Waals surface area contributed by atoms with Gasteiger partial charge < -0.3 is 11.1 Å². The van der Waals surface area contributed by atoms with E-state index in [1.54, 1.807) is 0 Å². The van der Waals surface area contributed by atoms with Crippen molar-refractivity contribution in [2.75, 3.05) is 5.73 Å². The minimum atomic E-state index is -0.344. The van der Waals surface area contributed by atoms with Gasteiger partial charge in [0.25, 0.3) is 5.91 Å². The summed E-state index contributed by atoms with van der Waals surface area (Å²) in [6, 6.07) is 11.3. The molecule has 0 radical (unpaired) electrons. The van der Waals surface area contributed by atoms with Crippen molar-refractivity contribution in [1.82, 2.24) is 5.32 Å². The van der Waals surface area contributed by atoms with Crippen molar-refractivity contribution in [3.8, 4) is 0 Å². The smallest absolute Gasteiger partial charge is 0.251 e. The number of benzene rings is 2. The van der Waals surface area contributed by atoms with Crippen LogP contribution in [-0.2, 0) is 6.42 Å². The first-order chi connectivity index (χ1) is 9.63. The normalized spacial score (nSPS) is 16.8. The van der Waals surface area contributed by atoms with Gasteiger partial charge >= 0.3 is 0 Å². The Morgan fingerprint density at radius 2 is 1.95 bits per heavy atom. The highest BCUT2D eigenvalue weighted by molar-refractivity contribution is 5.94. The third-order valence-electron chi connectivity index (χ3n) is 3.66. The van der Waals surface area contributed by atoms with Gasteiger partial charge in [-0.15, -0.1) is 0 Å². The summed E-state index contributed by atoms with van der Waals surface area (Å²) in [6.45, 7) is 0. The molecular weight excluding hydrogens is 255 g/mol. The maximum Gasteiger partial charge on any atom is 0.251 e. The number of carbonyl (C=O) groups is 1. The topological polar surface area (TPSA) is 55.1 Å². The highest BCUT2D eigenvalue weighted by Crippen LogP contribution is 2.32. The first-order valence-corrected chi connectivity index (χ1v) is 6.58. The molecule has 0 heterocycles. The monoisotopic (exact) mass is 270 g/mol. The van der Waals surface area contributed by atoms with E-state index in [1.807, 2.05) is 18.2 Å². The van der Waals surface area contributed by atoms with Gasteiger partial charge in [-0.25, -0.2) is 4.39 Å². The average Bonchev–Trinajstić information content (AvgIpc) is 2.81. The maximum absolute atomic E-state index is 12.8. The van der Waals surface area contributed by atoms with Gasteiger partial charge in [0.15, 0.2) is 0 Å². The van der Waals surface area contributed by atoms with E-state index < -0.39 is 0 Å². The number of anilines is 1. The van der Waals surface area contributed by atoms with E-state index in [-0.39, 0.29) is 17.8 Å². The molecule has 0 saturated carbocycles. The molecule has 0 fully saturated rings. The Balaban J connectivity index is 1.77. The zero-order chi connectivity index (χ0) is 14.1. The molecule has 2 aromatic rings. The molecule has 1 aliphatic carbocycles. The van der Waals surface area contributed by atoms with Crippen LogP contribution in [-0.4, -0.2) is 5.91 Å². The molecule has 1 unspecified atom stereocenters. The van der Waals surface area contributed by atoms with E-state index in [1.165, 1.54) is 29.8 Å². The van der Waals surface area contributed by atoms with Crippen molar-refractivity contribution >= 4 is 11.6 Å². The molecule has 0 bridgehead atoms. The van der Waals surface area contributed by atoms with Crippen LogP contribution in [0, 0.1) is 5.82 Å². The van der Waals surface area contributed by atoms with Gasteiger partial charge in [0, 0.05) is 11.3 Å². The molecular formula is C16H15FN2O. The lowest BCUT2D eigenvalue weighted by Gasteiger charge is -2.14. The number of hydrogen-bond acceptors (Lipinski definition) is 2. The summed E-state index contributed by atoms with van der Waals surface area (Å²) in [4.78, 5) is 12.1. The van der Waals surface area contributed by atoms with E-state index in [0.29, 0.717) is 5.56 Å². The van der Waals surface area contributed by atoms with Crippen molar-refractivity contribution in [3.05, 3.63) is 65.0 Å². The number of nitrogens with two attached hydrogens (primary N) is 1. The SMILES string of the molecule is Nc1ccc2c(c1)CCC2NC(=O)c1ccc(F)cc1. The number of rotatable bonds is 2. The number of nitrogens with one attached hydrogen (secondary N) is 1. The van der Waals surface area contributed by atoms with Gasteiger partial charge in [-0.05, 0) is 60.4 Å². The Kier molecular flexibility index (Phi) is 3.14. The van der Waals surface area contributed by atoms with E-state index >= 15 is 0 Å². The molecule has 1 aliphatic rings. The van der Waals surface area contributed by atoms with Crippen LogP contribution in [0.4, 0.5) is 10.1 Å². The summed E-state index contributed by atoms with van der Waals surface area (Å²) in [6.07, 6.45) is 1.78. The third kappa shape index (κ3) is 2.37. The predicted octanol–water partition coefficient (Wildman–Crippen LogP) is 2.83. The molecule has 0 saturated heterocycles. The Labute approximate surface area is 116 Å². The largest absolute Gasteiger partial charge is 0.399 e. The van der Waals surface area contributed by atoms with Crippen LogP contribution in [0.25, 0.3) is 0 Å². The summed E-state index contributed by atoms with van der Waals surface area (Å²) in [5, 5.41) is 2.99. The van der Waals surface area contributed by atoms with Gasteiger partial charge in [0.05, 0.1) is 6.04 Å². The molecule has 1 atom stereocenters. The third-order valence-corrected chi connectivity index (χ3v) is 3.66. The quantitative estimate of drug-likeness (QED) is 0.824. The molecule has 3 rings (SSSR count). The lowest BCUT2D eigenvalue weighted by atomic mass is 10.1. The van der Waals surface area contributed by atoms with E-state index in [0.717, 1.165) is 24.1 Å². The zero-order valence-corrected chi connectivity index (χ0v) is 10.9. The van der Waals surface area contributed by atoms with Crippen LogP contribution in [0.5, 0.6) is 0 Å². The molecule has 1 amide bonds. The standard InChI is InChI=1S/C16H15FN2O/c17-12-4-1-10(2-5-12)16(20)19-15-8-3-11-9-13(18)6-7-14(11)15/h1-2,4-7,9,15H,3,8,18H2,(H,19,20). The number of hydrogen-bond donors (Lipinski definition) is 2. The lowest BCUT2D eigenvalue weighted by Crippen LogP contribution is -2.27. The number of amides is 1. The second kappa shape index (κ2) is 4.96. The second-order valence-electron chi connectivity index (χ2n) is 5.03. The highest BCUT2D eigenvalue weighted by atomic mass is 19.1. The number of fused-ring (bicyclic) bond motifs is 1. The number of carbonyl (C=O) groups excluding carboxylic acids is 1. The second-order valence-corrected chi connectivity index (χ2v) is 5.03. The Morgan fingerprint density at radius 3 is 2.70 bits per heavy atom. The van der Waals surface area contributed by atoms with Crippen LogP contribution < -0.4 is 11.1 Å². The lowest BCUT2D eigenvalue weighted by molar-refractivity contribution is 0.0936. The minimum absolute atomic E-state index is 0.00292. The molecule has 20 heavy (non-hydrogen) atoms. The number of nitrogen functional groups attached to an aromatic ring is 1. The van der Waals surface area contributed by atoms with Gasteiger partial charge in [-0.2, -0.15) is 0 Å². The van der Waals surface area contributed by atoms with E-state index in [2.05, 4.69) is 5.32 Å². The molecule has 0 spiro atoms. The van der Waals surface area contributed by atoms with Gasteiger partial charge in [-0.1, -0.05) is 6.07 Å². The van der Waals surface area contributed by atoms with Crippen molar-refractivity contribution in [2.24, 2.45) is 0 Å². The number of aryl methyl sites for hydroxylation is 1. The molecule has 0 aromatic heterocycles. The van der Waals surface area contributed by atoms with Crippen molar-refractivity contribution < 1.29 is 9.18 Å². The number of halogens is 1. The molecule has 3 nitrogen and oxygen atoms in total. The first kappa shape index (κ1) is 12.7.